The third-order valence-electron chi connectivity index (χ3n) is 4.45. The fourth-order valence-electron chi connectivity index (χ4n) is 2.98. The molecule has 4 rings (SSSR count). The average Bonchev–Trinajstić information content (AvgIpc) is 3.24. The zero-order chi connectivity index (χ0) is 20.1. The molecule has 0 radical (unpaired) electrons. The fourth-order valence-corrected chi connectivity index (χ4v) is 2.98. The van der Waals surface area contributed by atoms with E-state index in [1.165, 1.54) is 11.0 Å². The van der Waals surface area contributed by atoms with Gasteiger partial charge in [0.25, 0.3) is 5.56 Å². The summed E-state index contributed by atoms with van der Waals surface area (Å²) in [6.07, 6.45) is 3.91. The number of amides is 1. The molecule has 0 saturated carbocycles. The molecule has 0 unspecified atom stereocenters. The number of carbonyl (C=O) groups excluding carboxylic acids is 1. The van der Waals surface area contributed by atoms with Gasteiger partial charge in [-0.25, -0.2) is 14.3 Å². The van der Waals surface area contributed by atoms with Gasteiger partial charge in [0.2, 0.25) is 5.91 Å². The minimum absolute atomic E-state index is 0.115. The van der Waals surface area contributed by atoms with Crippen LogP contribution in [0.3, 0.4) is 0 Å². The fraction of sp³-hybridized carbons (Fsp3) is 0.200. The monoisotopic (exact) mass is 389 g/mol. The van der Waals surface area contributed by atoms with Crippen molar-refractivity contribution in [3.05, 3.63) is 77.1 Å². The molecule has 0 bridgehead atoms. The number of nitrogens with one attached hydrogen (secondary N) is 1. The first-order valence-corrected chi connectivity index (χ1v) is 9.23. The van der Waals surface area contributed by atoms with Crippen LogP contribution in [0.4, 0.5) is 5.69 Å². The van der Waals surface area contributed by atoms with Gasteiger partial charge in [-0.2, -0.15) is 5.10 Å². The van der Waals surface area contributed by atoms with Crippen LogP contribution in [-0.4, -0.2) is 35.7 Å². The van der Waals surface area contributed by atoms with Gasteiger partial charge in [-0.3, -0.25) is 9.59 Å². The van der Waals surface area contributed by atoms with Gasteiger partial charge in [0, 0.05) is 18.7 Å². The maximum absolute atomic E-state index is 12.4. The van der Waals surface area contributed by atoms with Gasteiger partial charge in [0.1, 0.15) is 18.2 Å². The number of benzene rings is 2. The number of anilines is 1. The van der Waals surface area contributed by atoms with Gasteiger partial charge in [-0.1, -0.05) is 29.5 Å². The van der Waals surface area contributed by atoms with Crippen molar-refractivity contribution in [2.24, 2.45) is 0 Å². The molecule has 2 heterocycles. The molecule has 0 aliphatic rings. The molecule has 0 spiro atoms. The summed E-state index contributed by atoms with van der Waals surface area (Å²) in [5, 5.41) is 15.4. The first-order valence-electron chi connectivity index (χ1n) is 9.23. The zero-order valence-corrected chi connectivity index (χ0v) is 15.6. The van der Waals surface area contributed by atoms with Gasteiger partial charge in [0.15, 0.2) is 0 Å². The second-order valence-corrected chi connectivity index (χ2v) is 6.58. The molecule has 4 aromatic rings. The van der Waals surface area contributed by atoms with Gasteiger partial charge in [0.05, 0.1) is 11.9 Å². The van der Waals surface area contributed by atoms with E-state index in [0.717, 1.165) is 11.3 Å². The van der Waals surface area contributed by atoms with E-state index in [2.05, 4.69) is 25.7 Å². The number of fused-ring (bicyclic) bond motifs is 1. The highest BCUT2D eigenvalue weighted by Crippen LogP contribution is 2.11. The molecule has 0 fully saturated rings. The number of aryl methyl sites for hydroxylation is 1. The summed E-state index contributed by atoms with van der Waals surface area (Å²) in [4.78, 5) is 28.5. The van der Waals surface area contributed by atoms with Gasteiger partial charge >= 0.3 is 0 Å². The summed E-state index contributed by atoms with van der Waals surface area (Å²) in [6, 6.07) is 14.6. The number of carbonyl (C=O) groups is 1. The van der Waals surface area contributed by atoms with Crippen molar-refractivity contribution in [1.29, 1.82) is 0 Å². The number of nitrogens with zero attached hydrogens (tertiary/aromatic N) is 6. The summed E-state index contributed by atoms with van der Waals surface area (Å²) in [5.41, 5.74) is 2.15. The highest BCUT2D eigenvalue weighted by Gasteiger charge is 2.07. The van der Waals surface area contributed by atoms with Crippen molar-refractivity contribution >= 4 is 22.5 Å². The topological polar surface area (TPSA) is 108 Å². The maximum atomic E-state index is 12.4. The summed E-state index contributed by atoms with van der Waals surface area (Å²) >= 11 is 0. The standard InChI is InChI=1S/C20H19N7O2/c28-19(23-16-9-7-15(8-10-16)12-26-14-21-13-22-26)6-3-11-27-20(29)17-4-1-2-5-18(17)24-25-27/h1-2,4-5,7-10,13-14H,3,6,11-12H2,(H,23,28). The van der Waals surface area contributed by atoms with E-state index in [1.54, 1.807) is 29.2 Å². The van der Waals surface area contributed by atoms with Crippen molar-refractivity contribution in [1.82, 2.24) is 29.8 Å². The highest BCUT2D eigenvalue weighted by atomic mass is 16.1. The van der Waals surface area contributed by atoms with E-state index < -0.39 is 0 Å². The number of hydrogen-bond acceptors (Lipinski definition) is 6. The lowest BCUT2D eigenvalue weighted by atomic mass is 10.2. The Bertz CT molecular complexity index is 1170. The predicted molar refractivity (Wildman–Crippen MR) is 107 cm³/mol. The Labute approximate surface area is 166 Å². The first-order chi connectivity index (χ1) is 14.2. The highest BCUT2D eigenvalue weighted by molar-refractivity contribution is 5.90. The van der Waals surface area contributed by atoms with E-state index in [1.807, 2.05) is 30.3 Å². The van der Waals surface area contributed by atoms with E-state index >= 15 is 0 Å². The van der Waals surface area contributed by atoms with Crippen molar-refractivity contribution in [2.75, 3.05) is 5.32 Å². The molecule has 0 saturated heterocycles. The van der Waals surface area contributed by atoms with Crippen molar-refractivity contribution < 1.29 is 4.79 Å². The van der Waals surface area contributed by atoms with Gasteiger partial charge in [-0.05, 0) is 36.2 Å². The Morgan fingerprint density at radius 3 is 2.69 bits per heavy atom. The Hall–Kier alpha value is -3.88. The van der Waals surface area contributed by atoms with Crippen LogP contribution >= 0.6 is 0 Å². The predicted octanol–water partition coefficient (Wildman–Crippen LogP) is 1.85. The Kier molecular flexibility index (Phi) is 5.37. The van der Waals surface area contributed by atoms with E-state index in [0.29, 0.717) is 30.4 Å². The lowest BCUT2D eigenvalue weighted by Gasteiger charge is -2.07. The normalized spacial score (nSPS) is 10.9. The van der Waals surface area contributed by atoms with Crippen LogP contribution in [0.25, 0.3) is 10.9 Å². The quantitative estimate of drug-likeness (QED) is 0.517. The third-order valence-corrected chi connectivity index (χ3v) is 4.45. The number of hydrogen-bond donors (Lipinski definition) is 1. The molecule has 1 amide bonds. The summed E-state index contributed by atoms with van der Waals surface area (Å²) < 4.78 is 3.03. The van der Waals surface area contributed by atoms with E-state index in [4.69, 9.17) is 0 Å². The second-order valence-electron chi connectivity index (χ2n) is 6.58. The Morgan fingerprint density at radius 2 is 1.90 bits per heavy atom. The zero-order valence-electron chi connectivity index (χ0n) is 15.6. The Balaban J connectivity index is 1.29. The van der Waals surface area contributed by atoms with Crippen LogP contribution in [0.5, 0.6) is 0 Å². The van der Waals surface area contributed by atoms with Gasteiger partial charge in [-0.15, -0.1) is 5.10 Å². The van der Waals surface area contributed by atoms with E-state index in [-0.39, 0.29) is 17.9 Å². The molecule has 0 atom stereocenters. The SMILES string of the molecule is O=C(CCCn1nnc2ccccc2c1=O)Nc1ccc(Cn2cncn2)cc1. The van der Waals surface area contributed by atoms with Crippen LogP contribution in [-0.2, 0) is 17.9 Å². The van der Waals surface area contributed by atoms with Crippen LogP contribution in [0.15, 0.2) is 66.0 Å². The number of rotatable bonds is 7. The van der Waals surface area contributed by atoms with E-state index in [9.17, 15) is 9.59 Å². The van der Waals surface area contributed by atoms with Crippen molar-refractivity contribution in [3.63, 3.8) is 0 Å². The van der Waals surface area contributed by atoms with Crippen LogP contribution in [0.1, 0.15) is 18.4 Å². The lowest BCUT2D eigenvalue weighted by Crippen LogP contribution is -2.25. The molecule has 2 aromatic carbocycles. The summed E-state index contributed by atoms with van der Waals surface area (Å²) in [5.74, 6) is -0.115. The molecule has 1 N–H and O–H groups in total. The molecular weight excluding hydrogens is 370 g/mol. The number of aromatic nitrogens is 6. The van der Waals surface area contributed by atoms with Gasteiger partial charge < -0.3 is 5.32 Å². The van der Waals surface area contributed by atoms with Crippen LogP contribution in [0, 0.1) is 0 Å². The smallest absolute Gasteiger partial charge is 0.277 e. The molecule has 146 valence electrons. The summed E-state index contributed by atoms with van der Waals surface area (Å²) in [6.45, 7) is 0.955. The Morgan fingerprint density at radius 1 is 1.07 bits per heavy atom. The molecule has 0 aliphatic carbocycles. The maximum Gasteiger partial charge on any atom is 0.277 e. The van der Waals surface area contributed by atoms with Crippen molar-refractivity contribution in [3.8, 4) is 0 Å². The van der Waals surface area contributed by atoms with Crippen molar-refractivity contribution in [2.45, 2.75) is 25.9 Å². The van der Waals surface area contributed by atoms with Crippen LogP contribution in [0.2, 0.25) is 0 Å². The lowest BCUT2D eigenvalue weighted by molar-refractivity contribution is -0.116. The largest absolute Gasteiger partial charge is 0.326 e. The minimum Gasteiger partial charge on any atom is -0.326 e. The molecule has 2 aromatic heterocycles. The second kappa shape index (κ2) is 8.42. The molecule has 9 heteroatoms. The minimum atomic E-state index is -0.195. The third kappa shape index (κ3) is 4.52. The first kappa shape index (κ1) is 18.5. The van der Waals surface area contributed by atoms with Crippen LogP contribution < -0.4 is 10.9 Å². The molecule has 0 aliphatic heterocycles. The molecule has 9 nitrogen and oxygen atoms in total. The summed E-state index contributed by atoms with van der Waals surface area (Å²) in [7, 11) is 0. The average molecular weight is 389 g/mol. The molecular formula is C20H19N7O2. The molecule has 29 heavy (non-hydrogen) atoms.